The first-order chi connectivity index (χ1) is 8.56. The number of nitrogens with zero attached hydrogens (tertiary/aromatic N) is 2. The molecule has 1 aromatic heterocycles. The van der Waals surface area contributed by atoms with Crippen LogP contribution in [0.25, 0.3) is 0 Å². The molecule has 0 saturated carbocycles. The summed E-state index contributed by atoms with van der Waals surface area (Å²) in [5.74, 6) is 1.08. The summed E-state index contributed by atoms with van der Waals surface area (Å²) in [6.07, 6.45) is 8.98. The van der Waals surface area contributed by atoms with Crippen LogP contribution in [0.3, 0.4) is 0 Å². The Morgan fingerprint density at radius 1 is 1.11 bits per heavy atom. The van der Waals surface area contributed by atoms with Gasteiger partial charge in [0.15, 0.2) is 0 Å². The second-order valence-corrected chi connectivity index (χ2v) is 6.45. The molecule has 2 rings (SSSR count). The Morgan fingerprint density at radius 2 is 1.89 bits per heavy atom. The Morgan fingerprint density at radius 3 is 2.67 bits per heavy atom. The highest BCUT2D eigenvalue weighted by Crippen LogP contribution is 2.24. The first kappa shape index (κ1) is 13.3. The Bertz CT molecular complexity index is 393. The molecule has 0 fully saturated rings. The minimum Gasteiger partial charge on any atom is -0.370 e. The lowest BCUT2D eigenvalue weighted by Crippen LogP contribution is -2.15. The van der Waals surface area contributed by atoms with Crippen LogP contribution in [0.5, 0.6) is 0 Å². The molecule has 1 aliphatic carbocycles. The molecule has 100 valence electrons. The monoisotopic (exact) mass is 247 g/mol. The lowest BCUT2D eigenvalue weighted by atomic mass is 9.92. The van der Waals surface area contributed by atoms with E-state index in [0.717, 1.165) is 31.6 Å². The van der Waals surface area contributed by atoms with Gasteiger partial charge in [-0.1, -0.05) is 27.2 Å². The van der Waals surface area contributed by atoms with E-state index in [-0.39, 0.29) is 0 Å². The Hall–Kier alpha value is -1.12. The smallest absolute Gasteiger partial charge is 0.132 e. The van der Waals surface area contributed by atoms with E-state index < -0.39 is 0 Å². The SMILES string of the molecule is CC(C)(C)CCNc1ncnc2c1CCCCC2. The zero-order chi connectivity index (χ0) is 13.0. The van der Waals surface area contributed by atoms with E-state index >= 15 is 0 Å². The molecule has 1 aromatic rings. The van der Waals surface area contributed by atoms with Crippen LogP contribution in [0.4, 0.5) is 5.82 Å². The van der Waals surface area contributed by atoms with Crippen LogP contribution < -0.4 is 5.32 Å². The second-order valence-electron chi connectivity index (χ2n) is 6.45. The minimum absolute atomic E-state index is 0.372. The van der Waals surface area contributed by atoms with Crippen molar-refractivity contribution in [3.63, 3.8) is 0 Å². The van der Waals surface area contributed by atoms with Crippen molar-refractivity contribution in [3.05, 3.63) is 17.6 Å². The van der Waals surface area contributed by atoms with E-state index in [2.05, 4.69) is 36.1 Å². The molecule has 3 nitrogen and oxygen atoms in total. The van der Waals surface area contributed by atoms with Gasteiger partial charge in [-0.05, 0) is 37.5 Å². The third-order valence-corrected chi connectivity index (χ3v) is 3.54. The maximum Gasteiger partial charge on any atom is 0.132 e. The molecule has 0 aliphatic heterocycles. The van der Waals surface area contributed by atoms with Gasteiger partial charge in [0, 0.05) is 17.8 Å². The second kappa shape index (κ2) is 5.68. The summed E-state index contributed by atoms with van der Waals surface area (Å²) in [6.45, 7) is 7.81. The molecule has 0 saturated heterocycles. The Balaban J connectivity index is 2.04. The topological polar surface area (TPSA) is 37.8 Å². The van der Waals surface area contributed by atoms with Crippen molar-refractivity contribution in [3.8, 4) is 0 Å². The highest BCUT2D eigenvalue weighted by atomic mass is 15.0. The zero-order valence-electron chi connectivity index (χ0n) is 11.9. The van der Waals surface area contributed by atoms with Crippen molar-refractivity contribution >= 4 is 5.82 Å². The predicted octanol–water partition coefficient (Wildman–Crippen LogP) is 3.59. The maximum absolute atomic E-state index is 4.45. The molecule has 3 heteroatoms. The highest BCUT2D eigenvalue weighted by Gasteiger charge is 2.15. The molecule has 0 radical (unpaired) electrons. The van der Waals surface area contributed by atoms with Gasteiger partial charge in [-0.15, -0.1) is 0 Å². The van der Waals surface area contributed by atoms with Gasteiger partial charge >= 0.3 is 0 Å². The molecule has 0 atom stereocenters. The fourth-order valence-corrected chi connectivity index (χ4v) is 2.41. The van der Waals surface area contributed by atoms with Crippen LogP contribution >= 0.6 is 0 Å². The molecule has 0 aromatic carbocycles. The van der Waals surface area contributed by atoms with E-state index in [1.807, 2.05) is 0 Å². The number of anilines is 1. The third kappa shape index (κ3) is 3.69. The van der Waals surface area contributed by atoms with Crippen molar-refractivity contribution in [1.29, 1.82) is 0 Å². The van der Waals surface area contributed by atoms with Gasteiger partial charge in [-0.3, -0.25) is 0 Å². The van der Waals surface area contributed by atoms with Gasteiger partial charge in [-0.2, -0.15) is 0 Å². The van der Waals surface area contributed by atoms with E-state index in [1.165, 1.54) is 30.5 Å². The summed E-state index contributed by atoms with van der Waals surface area (Å²) in [6, 6.07) is 0. The van der Waals surface area contributed by atoms with Gasteiger partial charge in [0.2, 0.25) is 0 Å². The predicted molar refractivity (Wildman–Crippen MR) is 75.9 cm³/mol. The van der Waals surface area contributed by atoms with Crippen molar-refractivity contribution in [2.75, 3.05) is 11.9 Å². The zero-order valence-corrected chi connectivity index (χ0v) is 11.9. The molecule has 18 heavy (non-hydrogen) atoms. The maximum atomic E-state index is 4.45. The molecule has 0 unspecified atom stereocenters. The van der Waals surface area contributed by atoms with Crippen molar-refractivity contribution in [2.45, 2.75) is 59.3 Å². The standard InChI is InChI=1S/C15H25N3/c1-15(2,3)9-10-16-14-12-7-5-4-6-8-13(12)17-11-18-14/h11H,4-10H2,1-3H3,(H,16,17,18). The summed E-state index contributed by atoms with van der Waals surface area (Å²) in [5, 5.41) is 3.51. The largest absolute Gasteiger partial charge is 0.370 e. The van der Waals surface area contributed by atoms with Crippen LogP contribution in [-0.4, -0.2) is 16.5 Å². The van der Waals surface area contributed by atoms with Crippen LogP contribution in [0.1, 0.15) is 57.7 Å². The lowest BCUT2D eigenvalue weighted by molar-refractivity contribution is 0.389. The summed E-state index contributed by atoms with van der Waals surface area (Å²) in [4.78, 5) is 8.88. The Labute approximate surface area is 110 Å². The molecule has 1 aliphatic rings. The molecule has 0 bridgehead atoms. The quantitative estimate of drug-likeness (QED) is 0.829. The lowest BCUT2D eigenvalue weighted by Gasteiger charge is -2.19. The van der Waals surface area contributed by atoms with Crippen LogP contribution in [0, 0.1) is 5.41 Å². The summed E-state index contributed by atoms with van der Waals surface area (Å²) >= 11 is 0. The first-order valence-corrected chi connectivity index (χ1v) is 7.13. The van der Waals surface area contributed by atoms with Crippen LogP contribution in [0.2, 0.25) is 0 Å². The molecular formula is C15H25N3. The number of nitrogens with one attached hydrogen (secondary N) is 1. The molecular weight excluding hydrogens is 222 g/mol. The number of aromatic nitrogens is 2. The van der Waals surface area contributed by atoms with Gasteiger partial charge in [0.25, 0.3) is 0 Å². The van der Waals surface area contributed by atoms with Crippen molar-refractivity contribution in [1.82, 2.24) is 9.97 Å². The number of hydrogen-bond donors (Lipinski definition) is 1. The summed E-state index contributed by atoms with van der Waals surface area (Å²) < 4.78 is 0. The first-order valence-electron chi connectivity index (χ1n) is 7.13. The van der Waals surface area contributed by atoms with E-state index in [0.29, 0.717) is 5.41 Å². The highest BCUT2D eigenvalue weighted by molar-refractivity contribution is 5.46. The Kier molecular flexibility index (Phi) is 4.20. The van der Waals surface area contributed by atoms with Crippen LogP contribution in [0.15, 0.2) is 6.33 Å². The van der Waals surface area contributed by atoms with E-state index in [9.17, 15) is 0 Å². The van der Waals surface area contributed by atoms with Gasteiger partial charge in [0.05, 0.1) is 0 Å². The van der Waals surface area contributed by atoms with Crippen molar-refractivity contribution in [2.24, 2.45) is 5.41 Å². The summed E-state index contributed by atoms with van der Waals surface area (Å²) in [5.41, 5.74) is 3.00. The van der Waals surface area contributed by atoms with Crippen LogP contribution in [-0.2, 0) is 12.8 Å². The third-order valence-electron chi connectivity index (χ3n) is 3.54. The minimum atomic E-state index is 0.372. The molecule has 0 spiro atoms. The molecule has 1 heterocycles. The van der Waals surface area contributed by atoms with E-state index in [1.54, 1.807) is 6.33 Å². The van der Waals surface area contributed by atoms with Gasteiger partial charge < -0.3 is 5.32 Å². The number of hydrogen-bond acceptors (Lipinski definition) is 3. The van der Waals surface area contributed by atoms with Gasteiger partial charge in [0.1, 0.15) is 12.1 Å². The molecule has 1 N–H and O–H groups in total. The van der Waals surface area contributed by atoms with Gasteiger partial charge in [-0.25, -0.2) is 9.97 Å². The number of rotatable bonds is 3. The number of aryl methyl sites for hydroxylation is 1. The van der Waals surface area contributed by atoms with E-state index in [4.69, 9.17) is 0 Å². The molecule has 0 amide bonds. The average Bonchev–Trinajstić information content (AvgIpc) is 2.53. The number of fused-ring (bicyclic) bond motifs is 1. The fourth-order valence-electron chi connectivity index (χ4n) is 2.41. The normalized spacial score (nSPS) is 15.9. The summed E-state index contributed by atoms with van der Waals surface area (Å²) in [7, 11) is 0. The van der Waals surface area contributed by atoms with Crippen molar-refractivity contribution < 1.29 is 0 Å². The average molecular weight is 247 g/mol. The fraction of sp³-hybridized carbons (Fsp3) is 0.733.